The Labute approximate surface area is 207 Å². The van der Waals surface area contributed by atoms with E-state index in [-0.39, 0.29) is 24.9 Å². The van der Waals surface area contributed by atoms with Gasteiger partial charge < -0.3 is 20.5 Å². The highest BCUT2D eigenvalue weighted by atomic mass is 19.1. The monoisotopic (exact) mass is 488 g/mol. The molecule has 1 aliphatic rings. The molecule has 3 atom stereocenters. The molecule has 1 amide bonds. The molecule has 2 aromatic carbocycles. The number of aliphatic hydroxyl groups excluding tert-OH is 1. The van der Waals surface area contributed by atoms with Crippen molar-refractivity contribution in [2.45, 2.75) is 83.4 Å². The molecular formula is C28H38F2N2O3. The minimum absolute atomic E-state index is 0.00171. The van der Waals surface area contributed by atoms with Crippen molar-refractivity contribution in [2.24, 2.45) is 0 Å². The van der Waals surface area contributed by atoms with Gasteiger partial charge in [0.15, 0.2) is 0 Å². The number of aliphatic hydroxyl groups is 1. The largest absolute Gasteiger partial charge is 0.493 e. The van der Waals surface area contributed by atoms with Gasteiger partial charge in [-0.05, 0) is 54.5 Å². The average Bonchev–Trinajstić information content (AvgIpc) is 2.80. The third-order valence-corrected chi connectivity index (χ3v) is 6.62. The fourth-order valence-electron chi connectivity index (χ4n) is 4.99. The van der Waals surface area contributed by atoms with Gasteiger partial charge in [0.1, 0.15) is 17.4 Å². The standard InChI is InChI=1S/C28H38F2N2O3/c1-4-6-20(7-5-2)21-8-9-28-24(15-21)25(10-11-35-28)31-17-27(34)26(32-18(3)33)14-19-12-22(29)16-23(30)13-19/h8-9,12-13,15-16,20,25-27,31,34H,4-7,10-11,14,17H2,1-3H3,(H,32,33). The number of ether oxygens (including phenoxy) is 1. The highest BCUT2D eigenvalue weighted by Gasteiger charge is 2.26. The first kappa shape index (κ1) is 27.1. The second-order valence-corrected chi connectivity index (χ2v) is 9.53. The first-order chi connectivity index (χ1) is 16.8. The van der Waals surface area contributed by atoms with Gasteiger partial charge >= 0.3 is 0 Å². The van der Waals surface area contributed by atoms with E-state index in [0.29, 0.717) is 18.1 Å². The molecule has 35 heavy (non-hydrogen) atoms. The normalized spacial score (nSPS) is 16.9. The average molecular weight is 489 g/mol. The number of hydrogen-bond acceptors (Lipinski definition) is 4. The second kappa shape index (κ2) is 13.0. The van der Waals surface area contributed by atoms with Crippen molar-refractivity contribution < 1.29 is 23.4 Å². The first-order valence-corrected chi connectivity index (χ1v) is 12.7. The Balaban J connectivity index is 1.72. The van der Waals surface area contributed by atoms with E-state index in [4.69, 9.17) is 4.74 Å². The number of benzene rings is 2. The molecule has 3 unspecified atom stereocenters. The highest BCUT2D eigenvalue weighted by molar-refractivity contribution is 5.73. The lowest BCUT2D eigenvalue weighted by molar-refractivity contribution is -0.120. The minimum Gasteiger partial charge on any atom is -0.493 e. The summed E-state index contributed by atoms with van der Waals surface area (Å²) in [7, 11) is 0. The number of carbonyl (C=O) groups is 1. The van der Waals surface area contributed by atoms with E-state index in [9.17, 15) is 18.7 Å². The van der Waals surface area contributed by atoms with Crippen LogP contribution in [0, 0.1) is 11.6 Å². The summed E-state index contributed by atoms with van der Waals surface area (Å²) < 4.78 is 33.2. The Kier molecular flexibility index (Phi) is 10.0. The topological polar surface area (TPSA) is 70.6 Å². The van der Waals surface area contributed by atoms with Crippen LogP contribution in [0.3, 0.4) is 0 Å². The van der Waals surface area contributed by atoms with Crippen LogP contribution in [-0.4, -0.2) is 36.3 Å². The summed E-state index contributed by atoms with van der Waals surface area (Å²) in [6.45, 7) is 6.56. The van der Waals surface area contributed by atoms with Gasteiger partial charge in [-0.3, -0.25) is 4.79 Å². The Morgan fingerprint density at radius 3 is 2.43 bits per heavy atom. The second-order valence-electron chi connectivity index (χ2n) is 9.53. The lowest BCUT2D eigenvalue weighted by Crippen LogP contribution is -2.48. The number of nitrogens with one attached hydrogen (secondary N) is 2. The first-order valence-electron chi connectivity index (χ1n) is 12.7. The molecule has 0 spiro atoms. The Bertz CT molecular complexity index is 958. The molecule has 0 fully saturated rings. The van der Waals surface area contributed by atoms with E-state index in [1.807, 2.05) is 6.07 Å². The summed E-state index contributed by atoms with van der Waals surface area (Å²) in [6.07, 6.45) is 4.47. The van der Waals surface area contributed by atoms with Gasteiger partial charge in [-0.25, -0.2) is 8.78 Å². The van der Waals surface area contributed by atoms with Crippen molar-refractivity contribution >= 4 is 5.91 Å². The number of amides is 1. The molecule has 0 saturated heterocycles. The Morgan fingerprint density at radius 2 is 1.80 bits per heavy atom. The summed E-state index contributed by atoms with van der Waals surface area (Å²) in [5, 5.41) is 17.1. The summed E-state index contributed by atoms with van der Waals surface area (Å²) in [6, 6.07) is 9.00. The molecule has 2 aromatic rings. The van der Waals surface area contributed by atoms with Gasteiger partial charge in [0.05, 0.1) is 18.8 Å². The summed E-state index contributed by atoms with van der Waals surface area (Å²) in [5.41, 5.74) is 2.77. The molecule has 7 heteroatoms. The van der Waals surface area contributed by atoms with Gasteiger partial charge in [-0.2, -0.15) is 0 Å². The number of carbonyl (C=O) groups excluding carboxylic acids is 1. The summed E-state index contributed by atoms with van der Waals surface area (Å²) >= 11 is 0. The molecule has 3 rings (SSSR count). The molecule has 192 valence electrons. The number of fused-ring (bicyclic) bond motifs is 1. The van der Waals surface area contributed by atoms with Crippen LogP contribution < -0.4 is 15.4 Å². The van der Waals surface area contributed by atoms with Crippen LogP contribution in [0.4, 0.5) is 8.78 Å². The lowest BCUT2D eigenvalue weighted by Gasteiger charge is -2.31. The van der Waals surface area contributed by atoms with Gasteiger partial charge in [0.2, 0.25) is 5.91 Å². The fraction of sp³-hybridized carbons (Fsp3) is 0.536. The van der Waals surface area contributed by atoms with Crippen LogP contribution in [0.25, 0.3) is 0 Å². The van der Waals surface area contributed by atoms with Gasteiger partial charge in [0, 0.05) is 37.6 Å². The van der Waals surface area contributed by atoms with Gasteiger partial charge in [-0.15, -0.1) is 0 Å². The Hall–Kier alpha value is -2.51. The summed E-state index contributed by atoms with van der Waals surface area (Å²) in [5.74, 6) is -0.321. The third kappa shape index (κ3) is 7.74. The van der Waals surface area contributed by atoms with Crippen molar-refractivity contribution in [3.05, 3.63) is 64.7 Å². The maximum atomic E-state index is 13.6. The molecular weight excluding hydrogens is 450 g/mol. The fourth-order valence-corrected chi connectivity index (χ4v) is 4.99. The van der Waals surface area contributed by atoms with Crippen molar-refractivity contribution in [3.8, 4) is 5.75 Å². The van der Waals surface area contributed by atoms with Crippen molar-refractivity contribution in [2.75, 3.05) is 13.2 Å². The third-order valence-electron chi connectivity index (χ3n) is 6.62. The maximum Gasteiger partial charge on any atom is 0.217 e. The van der Waals surface area contributed by atoms with E-state index in [2.05, 4.69) is 36.6 Å². The molecule has 1 heterocycles. The lowest BCUT2D eigenvalue weighted by atomic mass is 9.87. The van der Waals surface area contributed by atoms with Crippen molar-refractivity contribution in [1.82, 2.24) is 10.6 Å². The quantitative estimate of drug-likeness (QED) is 0.386. The van der Waals surface area contributed by atoms with Crippen LogP contribution in [0.1, 0.15) is 81.5 Å². The number of hydrogen-bond donors (Lipinski definition) is 3. The predicted octanol–water partition coefficient (Wildman–Crippen LogP) is 5.17. The van der Waals surface area contributed by atoms with E-state index in [0.717, 1.165) is 49.5 Å². The molecule has 0 saturated carbocycles. The van der Waals surface area contributed by atoms with E-state index < -0.39 is 23.8 Å². The molecule has 0 aromatic heterocycles. The number of halogens is 2. The molecule has 1 aliphatic heterocycles. The summed E-state index contributed by atoms with van der Waals surface area (Å²) in [4.78, 5) is 11.8. The maximum absolute atomic E-state index is 13.6. The Morgan fingerprint density at radius 1 is 1.11 bits per heavy atom. The minimum atomic E-state index is -0.951. The van der Waals surface area contributed by atoms with Crippen molar-refractivity contribution in [1.29, 1.82) is 0 Å². The van der Waals surface area contributed by atoms with Crippen LogP contribution in [-0.2, 0) is 11.2 Å². The van der Waals surface area contributed by atoms with E-state index in [1.165, 1.54) is 24.6 Å². The SMILES string of the molecule is CCCC(CCC)c1ccc2c(c1)C(NCC(O)C(Cc1cc(F)cc(F)c1)NC(C)=O)CCO2. The zero-order valence-electron chi connectivity index (χ0n) is 20.9. The van der Waals surface area contributed by atoms with Crippen LogP contribution in [0.2, 0.25) is 0 Å². The molecule has 0 aliphatic carbocycles. The van der Waals surface area contributed by atoms with Crippen LogP contribution >= 0.6 is 0 Å². The molecule has 5 nitrogen and oxygen atoms in total. The zero-order valence-corrected chi connectivity index (χ0v) is 20.9. The highest BCUT2D eigenvalue weighted by Crippen LogP contribution is 2.36. The van der Waals surface area contributed by atoms with E-state index >= 15 is 0 Å². The van der Waals surface area contributed by atoms with Crippen LogP contribution in [0.5, 0.6) is 5.75 Å². The predicted molar refractivity (Wildman–Crippen MR) is 134 cm³/mol. The molecule has 0 bridgehead atoms. The van der Waals surface area contributed by atoms with Crippen LogP contribution in [0.15, 0.2) is 36.4 Å². The van der Waals surface area contributed by atoms with Gasteiger partial charge in [0.25, 0.3) is 0 Å². The van der Waals surface area contributed by atoms with E-state index in [1.54, 1.807) is 0 Å². The number of rotatable bonds is 12. The van der Waals surface area contributed by atoms with Crippen molar-refractivity contribution in [3.63, 3.8) is 0 Å². The molecule has 3 N–H and O–H groups in total. The molecule has 0 radical (unpaired) electrons. The zero-order chi connectivity index (χ0) is 25.4. The van der Waals surface area contributed by atoms with Gasteiger partial charge in [-0.1, -0.05) is 38.8 Å². The smallest absolute Gasteiger partial charge is 0.217 e.